The van der Waals surface area contributed by atoms with Crippen LogP contribution in [0.4, 0.5) is 0 Å². The summed E-state index contributed by atoms with van der Waals surface area (Å²) in [6, 6.07) is 17.7. The quantitative estimate of drug-likeness (QED) is 0.702. The number of hydrogen-bond donors (Lipinski definition) is 1. The normalized spacial score (nSPS) is 15.1. The van der Waals surface area contributed by atoms with Gasteiger partial charge in [-0.05, 0) is 67.4 Å². The van der Waals surface area contributed by atoms with Crippen molar-refractivity contribution in [2.24, 2.45) is 5.92 Å². The Morgan fingerprint density at radius 3 is 2.68 bits per heavy atom. The van der Waals surface area contributed by atoms with E-state index in [4.69, 9.17) is 9.15 Å². The second-order valence-corrected chi connectivity index (χ2v) is 7.36. The summed E-state index contributed by atoms with van der Waals surface area (Å²) < 4.78 is 11.6. The molecular weight excluding hydrogens is 352 g/mol. The molecule has 0 aliphatic carbocycles. The third-order valence-electron chi connectivity index (χ3n) is 5.37. The van der Waals surface area contributed by atoms with E-state index in [1.54, 1.807) is 6.07 Å². The topological polar surface area (TPSA) is 54.7 Å². The van der Waals surface area contributed by atoms with Gasteiger partial charge in [-0.3, -0.25) is 4.79 Å². The number of piperidine rings is 1. The van der Waals surface area contributed by atoms with Crippen LogP contribution in [0.5, 0.6) is 5.75 Å². The molecule has 1 amide bonds. The molecule has 0 radical (unpaired) electrons. The number of amides is 1. The average molecular weight is 378 g/mol. The highest BCUT2D eigenvalue weighted by Gasteiger charge is 2.25. The number of furan rings is 1. The Kier molecular flexibility index (Phi) is 5.63. The molecule has 28 heavy (non-hydrogen) atoms. The minimum absolute atomic E-state index is 0.0279. The molecule has 2 aromatic carbocycles. The summed E-state index contributed by atoms with van der Waals surface area (Å²) in [6.45, 7) is 2.89. The maximum absolute atomic E-state index is 12.7. The molecule has 0 saturated carbocycles. The molecule has 0 bridgehead atoms. The summed E-state index contributed by atoms with van der Waals surface area (Å²) in [7, 11) is 1.97. The van der Waals surface area contributed by atoms with Gasteiger partial charge >= 0.3 is 0 Å². The van der Waals surface area contributed by atoms with Crippen LogP contribution in [0.3, 0.4) is 0 Å². The highest BCUT2D eigenvalue weighted by atomic mass is 16.5. The Morgan fingerprint density at radius 1 is 1.11 bits per heavy atom. The molecule has 5 heteroatoms. The lowest BCUT2D eigenvalue weighted by Crippen LogP contribution is -2.40. The second kappa shape index (κ2) is 8.48. The van der Waals surface area contributed by atoms with Crippen molar-refractivity contribution in [2.75, 3.05) is 26.7 Å². The molecule has 146 valence electrons. The van der Waals surface area contributed by atoms with Gasteiger partial charge in [0.2, 0.25) is 0 Å². The van der Waals surface area contributed by atoms with Crippen LogP contribution in [0.2, 0.25) is 0 Å². The van der Waals surface area contributed by atoms with Gasteiger partial charge in [0.1, 0.15) is 18.1 Å². The smallest absolute Gasteiger partial charge is 0.289 e. The van der Waals surface area contributed by atoms with Gasteiger partial charge in [-0.25, -0.2) is 0 Å². The van der Waals surface area contributed by atoms with Gasteiger partial charge in [0, 0.05) is 13.1 Å². The average Bonchev–Trinajstić information content (AvgIpc) is 3.21. The summed E-state index contributed by atoms with van der Waals surface area (Å²) in [5, 5.41) is 5.53. The van der Waals surface area contributed by atoms with Crippen LogP contribution >= 0.6 is 0 Å². The van der Waals surface area contributed by atoms with Crippen LogP contribution in [0.15, 0.2) is 59.0 Å². The molecule has 5 nitrogen and oxygen atoms in total. The number of fused-ring (bicyclic) bond motifs is 1. The second-order valence-electron chi connectivity index (χ2n) is 7.36. The van der Waals surface area contributed by atoms with E-state index in [-0.39, 0.29) is 5.91 Å². The number of carbonyl (C=O) groups excluding carboxylic acids is 1. The summed E-state index contributed by atoms with van der Waals surface area (Å²) in [5.74, 6) is 2.46. The van der Waals surface area contributed by atoms with Gasteiger partial charge in [-0.15, -0.1) is 0 Å². The Hall–Kier alpha value is -2.79. The van der Waals surface area contributed by atoms with Crippen LogP contribution in [-0.2, 0) is 6.61 Å². The molecule has 1 aliphatic rings. The summed E-state index contributed by atoms with van der Waals surface area (Å²) in [4.78, 5) is 14.6. The van der Waals surface area contributed by atoms with Crippen molar-refractivity contribution in [3.05, 3.63) is 66.1 Å². The number of carbonyl (C=O) groups is 1. The van der Waals surface area contributed by atoms with Crippen molar-refractivity contribution >= 4 is 16.7 Å². The van der Waals surface area contributed by atoms with E-state index >= 15 is 0 Å². The van der Waals surface area contributed by atoms with Crippen LogP contribution < -0.4 is 10.1 Å². The third kappa shape index (κ3) is 4.20. The van der Waals surface area contributed by atoms with Crippen LogP contribution in [-0.4, -0.2) is 37.5 Å². The Morgan fingerprint density at radius 2 is 1.89 bits per heavy atom. The molecule has 1 aliphatic heterocycles. The highest BCUT2D eigenvalue weighted by Crippen LogP contribution is 2.23. The number of likely N-dealkylation sites (tertiary alicyclic amines) is 1. The minimum atomic E-state index is -0.0279. The maximum atomic E-state index is 12.7. The monoisotopic (exact) mass is 378 g/mol. The molecule has 1 fully saturated rings. The lowest BCUT2D eigenvalue weighted by Gasteiger charge is -2.31. The van der Waals surface area contributed by atoms with Crippen molar-refractivity contribution in [2.45, 2.75) is 19.4 Å². The zero-order chi connectivity index (χ0) is 19.3. The Balaban J connectivity index is 1.34. The van der Waals surface area contributed by atoms with Crippen LogP contribution in [0, 0.1) is 5.92 Å². The fraction of sp³-hybridized carbons (Fsp3) is 0.348. The van der Waals surface area contributed by atoms with Crippen molar-refractivity contribution in [3.63, 3.8) is 0 Å². The molecule has 3 aromatic rings. The van der Waals surface area contributed by atoms with Gasteiger partial charge in [-0.2, -0.15) is 0 Å². The molecule has 0 unspecified atom stereocenters. The third-order valence-corrected chi connectivity index (χ3v) is 5.37. The summed E-state index contributed by atoms with van der Waals surface area (Å²) >= 11 is 0. The van der Waals surface area contributed by atoms with Crippen molar-refractivity contribution in [1.82, 2.24) is 10.2 Å². The van der Waals surface area contributed by atoms with Gasteiger partial charge in [0.05, 0.1) is 0 Å². The zero-order valence-corrected chi connectivity index (χ0v) is 16.2. The van der Waals surface area contributed by atoms with Gasteiger partial charge in [0.25, 0.3) is 5.91 Å². The van der Waals surface area contributed by atoms with E-state index in [2.05, 4.69) is 17.4 Å². The zero-order valence-electron chi connectivity index (χ0n) is 16.2. The number of nitrogens with one attached hydrogen (secondary N) is 1. The standard InChI is InChI=1S/C23H26N2O3/c1-24-15-17-10-12-25(13-11-17)23(26)22-9-8-21(28-22)16-27-20-7-6-18-4-2-3-5-19(18)14-20/h2-9,14,17,24H,10-13,15-16H2,1H3. The largest absolute Gasteiger partial charge is 0.486 e. The molecule has 2 heterocycles. The Labute approximate surface area is 165 Å². The van der Waals surface area contributed by atoms with E-state index in [0.717, 1.165) is 43.6 Å². The lowest BCUT2D eigenvalue weighted by atomic mass is 9.97. The van der Waals surface area contributed by atoms with Gasteiger partial charge in [-0.1, -0.05) is 30.3 Å². The molecule has 1 aromatic heterocycles. The van der Waals surface area contributed by atoms with E-state index in [0.29, 0.717) is 24.0 Å². The highest BCUT2D eigenvalue weighted by molar-refractivity contribution is 5.91. The molecular formula is C23H26N2O3. The first-order valence-corrected chi connectivity index (χ1v) is 9.87. The predicted molar refractivity (Wildman–Crippen MR) is 110 cm³/mol. The molecule has 4 rings (SSSR count). The van der Waals surface area contributed by atoms with Gasteiger partial charge < -0.3 is 19.4 Å². The summed E-state index contributed by atoms with van der Waals surface area (Å²) in [5.41, 5.74) is 0. The first kappa shape index (κ1) is 18.6. The lowest BCUT2D eigenvalue weighted by molar-refractivity contribution is 0.0655. The van der Waals surface area contributed by atoms with Crippen molar-refractivity contribution in [1.29, 1.82) is 0 Å². The van der Waals surface area contributed by atoms with E-state index in [1.807, 2.05) is 48.3 Å². The molecule has 0 atom stereocenters. The van der Waals surface area contributed by atoms with Crippen LogP contribution in [0.25, 0.3) is 10.8 Å². The number of ether oxygens (including phenoxy) is 1. The van der Waals surface area contributed by atoms with Crippen molar-refractivity contribution < 1.29 is 13.9 Å². The molecule has 0 spiro atoms. The number of hydrogen-bond acceptors (Lipinski definition) is 4. The number of rotatable bonds is 6. The Bertz CT molecular complexity index is 942. The number of nitrogens with zero attached hydrogens (tertiary/aromatic N) is 1. The molecule has 1 N–H and O–H groups in total. The first-order valence-electron chi connectivity index (χ1n) is 9.87. The van der Waals surface area contributed by atoms with Gasteiger partial charge in [0.15, 0.2) is 5.76 Å². The van der Waals surface area contributed by atoms with Crippen molar-refractivity contribution in [3.8, 4) is 5.75 Å². The van der Waals surface area contributed by atoms with E-state index in [9.17, 15) is 4.79 Å². The first-order chi connectivity index (χ1) is 13.7. The maximum Gasteiger partial charge on any atom is 0.289 e. The fourth-order valence-corrected chi connectivity index (χ4v) is 3.77. The fourth-order valence-electron chi connectivity index (χ4n) is 3.77. The number of benzene rings is 2. The minimum Gasteiger partial charge on any atom is -0.486 e. The van der Waals surface area contributed by atoms with E-state index in [1.165, 1.54) is 5.39 Å². The summed E-state index contributed by atoms with van der Waals surface area (Å²) in [6.07, 6.45) is 2.07. The molecule has 1 saturated heterocycles. The SMILES string of the molecule is CNCC1CCN(C(=O)c2ccc(COc3ccc4ccccc4c3)o2)CC1. The predicted octanol–water partition coefficient (Wildman–Crippen LogP) is 4.08. The van der Waals surface area contributed by atoms with Crippen LogP contribution in [0.1, 0.15) is 29.2 Å². The van der Waals surface area contributed by atoms with E-state index < -0.39 is 0 Å².